The van der Waals surface area contributed by atoms with E-state index in [0.29, 0.717) is 17.3 Å². The number of carbonyl (C=O) groups excluding carboxylic acids is 1. The number of hydrogen-bond donors (Lipinski definition) is 2. The molecule has 0 saturated carbocycles. The first-order valence-corrected chi connectivity index (χ1v) is 6.24. The van der Waals surface area contributed by atoms with E-state index in [4.69, 9.17) is 17.3 Å². The lowest BCUT2D eigenvalue weighted by molar-refractivity contribution is 0.0940. The molecular weight excluding hydrogens is 238 g/mol. The Labute approximate surface area is 107 Å². The minimum Gasteiger partial charge on any atom is -0.349 e. The molecule has 4 nitrogen and oxygen atoms in total. The van der Waals surface area contributed by atoms with Crippen molar-refractivity contribution in [3.8, 4) is 0 Å². The number of carbonyl (C=O) groups is 1. The minimum atomic E-state index is -0.130. The molecule has 0 spiro atoms. The van der Waals surface area contributed by atoms with Crippen molar-refractivity contribution in [1.82, 2.24) is 9.88 Å². The van der Waals surface area contributed by atoms with Gasteiger partial charge in [-0.1, -0.05) is 18.5 Å². The molecule has 0 saturated heterocycles. The van der Waals surface area contributed by atoms with Gasteiger partial charge in [0.2, 0.25) is 0 Å². The van der Waals surface area contributed by atoms with E-state index >= 15 is 0 Å². The van der Waals surface area contributed by atoms with Gasteiger partial charge in [0.1, 0.15) is 5.69 Å². The van der Waals surface area contributed by atoms with Gasteiger partial charge in [-0.25, -0.2) is 0 Å². The number of aromatic nitrogens is 1. The van der Waals surface area contributed by atoms with Crippen molar-refractivity contribution in [3.63, 3.8) is 0 Å². The number of nitrogens with one attached hydrogen (secondary N) is 1. The molecular formula is C12H20ClN3O. The molecule has 17 heavy (non-hydrogen) atoms. The van der Waals surface area contributed by atoms with Crippen LogP contribution in [0.4, 0.5) is 0 Å². The van der Waals surface area contributed by atoms with Crippen LogP contribution in [0.25, 0.3) is 0 Å². The van der Waals surface area contributed by atoms with Crippen LogP contribution in [-0.2, 0) is 0 Å². The van der Waals surface area contributed by atoms with E-state index in [0.717, 1.165) is 6.42 Å². The Bertz CT molecular complexity index is 387. The summed E-state index contributed by atoms with van der Waals surface area (Å²) in [4.78, 5) is 12.0. The van der Waals surface area contributed by atoms with Gasteiger partial charge in [0.15, 0.2) is 0 Å². The smallest absolute Gasteiger partial charge is 0.268 e. The maximum atomic E-state index is 12.0. The summed E-state index contributed by atoms with van der Waals surface area (Å²) in [5.74, 6) is -0.130. The Morgan fingerprint density at radius 3 is 2.76 bits per heavy atom. The summed E-state index contributed by atoms with van der Waals surface area (Å²) >= 11 is 5.92. The van der Waals surface area contributed by atoms with Crippen LogP contribution in [0.3, 0.4) is 0 Å². The van der Waals surface area contributed by atoms with Gasteiger partial charge in [-0.15, -0.1) is 0 Å². The molecule has 0 aliphatic rings. The summed E-state index contributed by atoms with van der Waals surface area (Å²) in [6, 6.07) is 1.87. The molecule has 1 atom stereocenters. The topological polar surface area (TPSA) is 60.0 Å². The van der Waals surface area contributed by atoms with Gasteiger partial charge in [0.25, 0.3) is 5.91 Å². The highest BCUT2D eigenvalue weighted by atomic mass is 35.5. The maximum Gasteiger partial charge on any atom is 0.268 e. The van der Waals surface area contributed by atoms with Gasteiger partial charge in [-0.2, -0.15) is 0 Å². The standard InChI is InChI=1S/C12H20ClN3O/c1-4-10(14)6-15-12(17)11-5-9(13)7-16(11)8(2)3/h5,7-8,10H,4,6,14H2,1-3H3,(H,15,17). The quantitative estimate of drug-likeness (QED) is 0.850. The molecule has 3 N–H and O–H groups in total. The van der Waals surface area contributed by atoms with Gasteiger partial charge in [-0.05, 0) is 26.3 Å². The van der Waals surface area contributed by atoms with Crippen molar-refractivity contribution in [2.75, 3.05) is 6.54 Å². The molecule has 0 fully saturated rings. The molecule has 1 rings (SSSR count). The summed E-state index contributed by atoms with van der Waals surface area (Å²) in [7, 11) is 0. The lowest BCUT2D eigenvalue weighted by Crippen LogP contribution is -2.37. The first-order valence-electron chi connectivity index (χ1n) is 5.86. The van der Waals surface area contributed by atoms with Crippen molar-refractivity contribution in [1.29, 1.82) is 0 Å². The van der Waals surface area contributed by atoms with Crippen LogP contribution in [0.2, 0.25) is 5.02 Å². The van der Waals surface area contributed by atoms with E-state index in [1.807, 2.05) is 25.3 Å². The van der Waals surface area contributed by atoms with Crippen molar-refractivity contribution >= 4 is 17.5 Å². The van der Waals surface area contributed by atoms with Crippen LogP contribution in [0.5, 0.6) is 0 Å². The number of halogens is 1. The molecule has 1 unspecified atom stereocenters. The minimum absolute atomic E-state index is 0.00289. The Morgan fingerprint density at radius 1 is 1.59 bits per heavy atom. The van der Waals surface area contributed by atoms with Gasteiger partial charge in [0.05, 0.1) is 5.02 Å². The normalized spacial score (nSPS) is 12.8. The Hall–Kier alpha value is -1.00. The largest absolute Gasteiger partial charge is 0.349 e. The van der Waals surface area contributed by atoms with E-state index in [1.165, 1.54) is 0 Å². The zero-order valence-corrected chi connectivity index (χ0v) is 11.3. The number of nitrogens with two attached hydrogens (primary N) is 1. The SMILES string of the molecule is CCC(N)CNC(=O)c1cc(Cl)cn1C(C)C. The highest BCUT2D eigenvalue weighted by molar-refractivity contribution is 6.31. The summed E-state index contributed by atoms with van der Waals surface area (Å²) < 4.78 is 1.86. The predicted octanol–water partition coefficient (Wildman–Crippen LogP) is 2.19. The highest BCUT2D eigenvalue weighted by Gasteiger charge is 2.15. The fraction of sp³-hybridized carbons (Fsp3) is 0.583. The average Bonchev–Trinajstić information content (AvgIpc) is 2.67. The molecule has 96 valence electrons. The third-order valence-corrected chi connectivity index (χ3v) is 2.86. The first kappa shape index (κ1) is 14.1. The van der Waals surface area contributed by atoms with Gasteiger partial charge in [0, 0.05) is 24.8 Å². The van der Waals surface area contributed by atoms with Crippen LogP contribution >= 0.6 is 11.6 Å². The van der Waals surface area contributed by atoms with E-state index in [9.17, 15) is 4.79 Å². The number of nitrogens with zero attached hydrogens (tertiary/aromatic N) is 1. The number of rotatable bonds is 5. The number of hydrogen-bond acceptors (Lipinski definition) is 2. The van der Waals surface area contributed by atoms with Gasteiger partial charge < -0.3 is 15.6 Å². The van der Waals surface area contributed by atoms with Gasteiger partial charge in [-0.3, -0.25) is 4.79 Å². The second-order valence-corrected chi connectivity index (χ2v) is 4.86. The van der Waals surface area contributed by atoms with Crippen molar-refractivity contribution in [3.05, 3.63) is 23.0 Å². The van der Waals surface area contributed by atoms with Crippen LogP contribution in [-0.4, -0.2) is 23.1 Å². The predicted molar refractivity (Wildman–Crippen MR) is 70.4 cm³/mol. The van der Waals surface area contributed by atoms with Crippen LogP contribution in [0.1, 0.15) is 43.7 Å². The first-order chi connectivity index (χ1) is 7.95. The van der Waals surface area contributed by atoms with E-state index in [-0.39, 0.29) is 18.0 Å². The van der Waals surface area contributed by atoms with Crippen LogP contribution in [0.15, 0.2) is 12.3 Å². The molecule has 0 radical (unpaired) electrons. The van der Waals surface area contributed by atoms with E-state index in [1.54, 1.807) is 12.3 Å². The second kappa shape index (κ2) is 6.07. The van der Waals surface area contributed by atoms with E-state index in [2.05, 4.69) is 5.32 Å². The maximum absolute atomic E-state index is 12.0. The molecule has 5 heteroatoms. The van der Waals surface area contributed by atoms with E-state index < -0.39 is 0 Å². The van der Waals surface area contributed by atoms with Crippen LogP contribution < -0.4 is 11.1 Å². The lowest BCUT2D eigenvalue weighted by Gasteiger charge is -2.14. The summed E-state index contributed by atoms with van der Waals surface area (Å²) in [6.07, 6.45) is 2.60. The molecule has 0 aliphatic carbocycles. The summed E-state index contributed by atoms with van der Waals surface area (Å²) in [5.41, 5.74) is 6.33. The molecule has 0 aromatic carbocycles. The molecule has 1 aromatic rings. The third-order valence-electron chi connectivity index (χ3n) is 2.65. The average molecular weight is 258 g/mol. The highest BCUT2D eigenvalue weighted by Crippen LogP contribution is 2.18. The molecule has 0 bridgehead atoms. The third kappa shape index (κ3) is 3.75. The monoisotopic (exact) mass is 257 g/mol. The Balaban J connectivity index is 2.74. The van der Waals surface area contributed by atoms with Gasteiger partial charge >= 0.3 is 0 Å². The summed E-state index contributed by atoms with van der Waals surface area (Å²) in [6.45, 7) is 6.48. The molecule has 1 heterocycles. The van der Waals surface area contributed by atoms with Crippen LogP contribution in [0, 0.1) is 0 Å². The zero-order valence-electron chi connectivity index (χ0n) is 10.5. The Morgan fingerprint density at radius 2 is 2.24 bits per heavy atom. The number of amides is 1. The summed E-state index contributed by atoms with van der Waals surface area (Å²) in [5, 5.41) is 3.39. The van der Waals surface area contributed by atoms with Crippen molar-refractivity contribution < 1.29 is 4.79 Å². The molecule has 1 amide bonds. The zero-order chi connectivity index (χ0) is 13.0. The Kier molecular flexibility index (Phi) is 5.02. The van der Waals surface area contributed by atoms with Crippen molar-refractivity contribution in [2.24, 2.45) is 5.73 Å². The fourth-order valence-corrected chi connectivity index (χ4v) is 1.72. The molecule has 0 aliphatic heterocycles. The van der Waals surface area contributed by atoms with Crippen molar-refractivity contribution in [2.45, 2.75) is 39.3 Å². The lowest BCUT2D eigenvalue weighted by atomic mass is 10.2. The second-order valence-electron chi connectivity index (χ2n) is 4.42. The fourth-order valence-electron chi connectivity index (χ4n) is 1.51. The molecule has 1 aromatic heterocycles.